The molecule has 106 valence electrons. The second kappa shape index (κ2) is 5.66. The molecule has 0 aliphatic heterocycles. The predicted octanol–water partition coefficient (Wildman–Crippen LogP) is 3.11. The second-order valence-corrected chi connectivity index (χ2v) is 5.48. The van der Waals surface area contributed by atoms with Gasteiger partial charge in [-0.3, -0.25) is 4.68 Å². The smallest absolute Gasteiger partial charge is 0.335 e. The fourth-order valence-electron chi connectivity index (χ4n) is 2.05. The van der Waals surface area contributed by atoms with Crippen molar-refractivity contribution in [1.29, 1.82) is 0 Å². The van der Waals surface area contributed by atoms with E-state index in [4.69, 9.17) is 5.11 Å². The summed E-state index contributed by atoms with van der Waals surface area (Å²) in [5, 5.41) is 16.6. The summed E-state index contributed by atoms with van der Waals surface area (Å²) in [4.78, 5) is 10.9. The van der Waals surface area contributed by atoms with Crippen LogP contribution in [0, 0.1) is 13.8 Å². The van der Waals surface area contributed by atoms with Crippen molar-refractivity contribution in [2.45, 2.75) is 20.4 Å². The van der Waals surface area contributed by atoms with Gasteiger partial charge in [-0.2, -0.15) is 5.10 Å². The molecule has 2 aromatic rings. The number of halogens is 1. The van der Waals surface area contributed by atoms with Crippen LogP contribution in [-0.4, -0.2) is 20.9 Å². The minimum absolute atomic E-state index is 0.260. The van der Waals surface area contributed by atoms with Crippen LogP contribution in [-0.2, 0) is 13.6 Å². The van der Waals surface area contributed by atoms with Crippen molar-refractivity contribution in [3.05, 3.63) is 45.2 Å². The number of aromatic nitrogens is 2. The molecule has 5 nitrogen and oxygen atoms in total. The molecule has 1 heterocycles. The zero-order valence-electron chi connectivity index (χ0n) is 11.6. The first-order valence-electron chi connectivity index (χ1n) is 6.16. The lowest BCUT2D eigenvalue weighted by atomic mass is 10.1. The molecule has 2 N–H and O–H groups in total. The van der Waals surface area contributed by atoms with E-state index < -0.39 is 5.97 Å². The van der Waals surface area contributed by atoms with E-state index in [9.17, 15) is 4.79 Å². The summed E-state index contributed by atoms with van der Waals surface area (Å²) < 4.78 is 2.59. The van der Waals surface area contributed by atoms with E-state index in [1.807, 2.05) is 25.6 Å². The van der Waals surface area contributed by atoms with Gasteiger partial charge in [0.25, 0.3) is 0 Å². The molecule has 1 aromatic carbocycles. The van der Waals surface area contributed by atoms with Crippen LogP contribution in [0.5, 0.6) is 0 Å². The molecule has 0 saturated carbocycles. The summed E-state index contributed by atoms with van der Waals surface area (Å²) >= 11 is 3.38. The average Bonchev–Trinajstić information content (AvgIpc) is 2.62. The maximum Gasteiger partial charge on any atom is 0.335 e. The quantitative estimate of drug-likeness (QED) is 0.899. The van der Waals surface area contributed by atoms with E-state index in [2.05, 4.69) is 26.3 Å². The molecule has 0 unspecified atom stereocenters. The van der Waals surface area contributed by atoms with Crippen molar-refractivity contribution in [3.63, 3.8) is 0 Å². The number of nitrogens with one attached hydrogen (secondary N) is 1. The first kappa shape index (κ1) is 14.6. The van der Waals surface area contributed by atoms with Crippen molar-refractivity contribution < 1.29 is 9.90 Å². The van der Waals surface area contributed by atoms with Gasteiger partial charge in [0, 0.05) is 35.0 Å². The molecule has 0 aliphatic rings. The summed E-state index contributed by atoms with van der Waals surface area (Å²) in [5.74, 6) is -0.934. The van der Waals surface area contributed by atoms with Gasteiger partial charge in [0.1, 0.15) is 0 Å². The summed E-state index contributed by atoms with van der Waals surface area (Å²) in [7, 11) is 1.92. The predicted molar refractivity (Wildman–Crippen MR) is 81.1 cm³/mol. The lowest BCUT2D eigenvalue weighted by Crippen LogP contribution is -2.04. The molecule has 0 fully saturated rings. The SMILES string of the molecule is Cc1nn(C)c(C)c1CNc1ccc(C(=O)O)cc1Br. The van der Waals surface area contributed by atoms with Gasteiger partial charge < -0.3 is 10.4 Å². The highest BCUT2D eigenvalue weighted by atomic mass is 79.9. The van der Waals surface area contributed by atoms with Gasteiger partial charge in [0.05, 0.1) is 11.3 Å². The molecular formula is C14H16BrN3O2. The molecule has 0 bridgehead atoms. The standard InChI is InChI=1S/C14H16BrN3O2/c1-8-11(9(2)18(3)17-8)7-16-13-5-4-10(14(19)20)6-12(13)15/h4-6,16H,7H2,1-3H3,(H,19,20). The van der Waals surface area contributed by atoms with E-state index in [1.165, 1.54) is 0 Å². The molecule has 6 heteroatoms. The van der Waals surface area contributed by atoms with Crippen LogP contribution in [0.25, 0.3) is 0 Å². The molecule has 1 aromatic heterocycles. The minimum atomic E-state index is -0.934. The summed E-state index contributed by atoms with van der Waals surface area (Å²) in [6, 6.07) is 4.93. The minimum Gasteiger partial charge on any atom is -0.478 e. The number of hydrogen-bond donors (Lipinski definition) is 2. The van der Waals surface area contributed by atoms with Crippen molar-refractivity contribution in [2.75, 3.05) is 5.32 Å². The van der Waals surface area contributed by atoms with Gasteiger partial charge >= 0.3 is 5.97 Å². The van der Waals surface area contributed by atoms with Crippen LogP contribution in [0.2, 0.25) is 0 Å². The molecule has 0 saturated heterocycles. The Kier molecular flexibility index (Phi) is 4.13. The van der Waals surface area contributed by atoms with Crippen LogP contribution in [0.1, 0.15) is 27.3 Å². The van der Waals surface area contributed by atoms with Crippen LogP contribution in [0.3, 0.4) is 0 Å². The lowest BCUT2D eigenvalue weighted by Gasteiger charge is -2.09. The maximum absolute atomic E-state index is 10.9. The Morgan fingerprint density at radius 2 is 2.15 bits per heavy atom. The van der Waals surface area contributed by atoms with Crippen molar-refractivity contribution >= 4 is 27.6 Å². The van der Waals surface area contributed by atoms with Crippen LogP contribution in [0.15, 0.2) is 22.7 Å². The number of aryl methyl sites for hydroxylation is 2. The Labute approximate surface area is 125 Å². The molecule has 0 spiro atoms. The summed E-state index contributed by atoms with van der Waals surface area (Å²) in [5.41, 5.74) is 4.39. The molecule has 0 amide bonds. The van der Waals surface area contributed by atoms with E-state index >= 15 is 0 Å². The third-order valence-electron chi connectivity index (χ3n) is 3.33. The van der Waals surface area contributed by atoms with E-state index in [0.29, 0.717) is 6.54 Å². The summed E-state index contributed by atoms with van der Waals surface area (Å²) in [6.45, 7) is 4.66. The number of benzene rings is 1. The van der Waals surface area contributed by atoms with Gasteiger partial charge in [-0.25, -0.2) is 4.79 Å². The van der Waals surface area contributed by atoms with E-state index in [1.54, 1.807) is 18.2 Å². The largest absolute Gasteiger partial charge is 0.478 e. The molecular weight excluding hydrogens is 322 g/mol. The fourth-order valence-corrected chi connectivity index (χ4v) is 2.57. The maximum atomic E-state index is 10.9. The Balaban J connectivity index is 2.17. The van der Waals surface area contributed by atoms with Crippen molar-refractivity contribution in [3.8, 4) is 0 Å². The molecule has 20 heavy (non-hydrogen) atoms. The zero-order chi connectivity index (χ0) is 14.9. The third kappa shape index (κ3) is 2.85. The lowest BCUT2D eigenvalue weighted by molar-refractivity contribution is 0.0697. The van der Waals surface area contributed by atoms with Crippen molar-refractivity contribution in [1.82, 2.24) is 9.78 Å². The highest BCUT2D eigenvalue weighted by Gasteiger charge is 2.10. The van der Waals surface area contributed by atoms with Gasteiger partial charge in [-0.1, -0.05) is 0 Å². The second-order valence-electron chi connectivity index (χ2n) is 4.63. The zero-order valence-corrected chi connectivity index (χ0v) is 13.2. The van der Waals surface area contributed by atoms with Gasteiger partial charge in [-0.15, -0.1) is 0 Å². The molecule has 0 aliphatic carbocycles. The highest BCUT2D eigenvalue weighted by Crippen LogP contribution is 2.25. The highest BCUT2D eigenvalue weighted by molar-refractivity contribution is 9.10. The fraction of sp³-hybridized carbons (Fsp3) is 0.286. The number of carbonyl (C=O) groups is 1. The molecule has 0 radical (unpaired) electrons. The number of carboxylic acids is 1. The van der Waals surface area contributed by atoms with Crippen LogP contribution in [0.4, 0.5) is 5.69 Å². The Bertz CT molecular complexity index is 665. The normalized spacial score (nSPS) is 10.6. The first-order chi connectivity index (χ1) is 9.40. The topological polar surface area (TPSA) is 67.2 Å². The Hall–Kier alpha value is -1.82. The van der Waals surface area contributed by atoms with Crippen LogP contribution >= 0.6 is 15.9 Å². The van der Waals surface area contributed by atoms with Gasteiger partial charge in [0.15, 0.2) is 0 Å². The van der Waals surface area contributed by atoms with Crippen LogP contribution < -0.4 is 5.32 Å². The molecule has 2 rings (SSSR count). The number of carboxylic acid groups (broad SMARTS) is 1. The number of rotatable bonds is 4. The monoisotopic (exact) mass is 337 g/mol. The third-order valence-corrected chi connectivity index (χ3v) is 3.99. The number of aromatic carboxylic acids is 1. The number of hydrogen-bond acceptors (Lipinski definition) is 3. The molecule has 0 atom stereocenters. The Morgan fingerprint density at radius 3 is 2.65 bits per heavy atom. The summed E-state index contributed by atoms with van der Waals surface area (Å²) in [6.07, 6.45) is 0. The van der Waals surface area contributed by atoms with E-state index in [-0.39, 0.29) is 5.56 Å². The van der Waals surface area contributed by atoms with E-state index in [0.717, 1.165) is 27.1 Å². The Morgan fingerprint density at radius 1 is 1.45 bits per heavy atom. The van der Waals surface area contributed by atoms with Gasteiger partial charge in [-0.05, 0) is 48.0 Å². The number of nitrogens with zero attached hydrogens (tertiary/aromatic N) is 2. The average molecular weight is 338 g/mol. The van der Waals surface area contributed by atoms with Gasteiger partial charge in [0.2, 0.25) is 0 Å². The first-order valence-corrected chi connectivity index (χ1v) is 6.95. The van der Waals surface area contributed by atoms with Crippen molar-refractivity contribution in [2.24, 2.45) is 7.05 Å². The number of anilines is 1.